The Hall–Kier alpha value is -3.76. The molecule has 0 saturated heterocycles. The number of halogens is 3. The van der Waals surface area contributed by atoms with Crippen molar-refractivity contribution in [3.8, 4) is 5.69 Å². The molecule has 0 aliphatic heterocycles. The molecule has 27 heavy (non-hydrogen) atoms. The van der Waals surface area contributed by atoms with Gasteiger partial charge in [0.25, 0.3) is 5.91 Å². The second kappa shape index (κ2) is 7.64. The zero-order chi connectivity index (χ0) is 19.4. The maximum Gasteiger partial charge on any atom is 0.251 e. The first kappa shape index (κ1) is 18.0. The number of nitrogens with zero attached hydrogens (tertiary/aromatic N) is 4. The first-order chi connectivity index (χ1) is 13.0. The first-order valence-corrected chi connectivity index (χ1v) is 7.50. The van der Waals surface area contributed by atoms with Crippen LogP contribution in [0.5, 0.6) is 0 Å². The summed E-state index contributed by atoms with van der Waals surface area (Å²) < 4.78 is 40.9. The van der Waals surface area contributed by atoms with Crippen LogP contribution in [-0.4, -0.2) is 38.6 Å². The largest absolute Gasteiger partial charge is 0.343 e. The molecule has 0 saturated carbocycles. The molecule has 138 valence electrons. The van der Waals surface area contributed by atoms with Gasteiger partial charge in [0.1, 0.15) is 6.33 Å². The fourth-order valence-electron chi connectivity index (χ4n) is 2.15. The fourth-order valence-corrected chi connectivity index (χ4v) is 2.15. The summed E-state index contributed by atoms with van der Waals surface area (Å²) in [4.78, 5) is 24.0. The Bertz CT molecular complexity index is 994. The molecule has 0 bridgehead atoms. The molecule has 1 aromatic heterocycles. The molecular formula is C16H11F3N6O2. The van der Waals surface area contributed by atoms with Crippen LogP contribution in [0.1, 0.15) is 10.4 Å². The van der Waals surface area contributed by atoms with E-state index in [2.05, 4.69) is 26.2 Å². The molecule has 0 aliphatic rings. The van der Waals surface area contributed by atoms with Gasteiger partial charge >= 0.3 is 0 Å². The fraction of sp³-hybridized carbons (Fsp3) is 0.0625. The zero-order valence-electron chi connectivity index (χ0n) is 13.5. The zero-order valence-corrected chi connectivity index (χ0v) is 13.5. The summed E-state index contributed by atoms with van der Waals surface area (Å²) in [5.41, 5.74) is 0.226. The van der Waals surface area contributed by atoms with E-state index in [9.17, 15) is 22.8 Å². The number of amides is 2. The van der Waals surface area contributed by atoms with Crippen LogP contribution in [0.25, 0.3) is 5.69 Å². The lowest BCUT2D eigenvalue weighted by molar-refractivity contribution is -0.115. The number of tetrazole rings is 1. The molecule has 0 fully saturated rings. The molecule has 3 aromatic rings. The normalized spacial score (nSPS) is 10.5. The van der Waals surface area contributed by atoms with Crippen molar-refractivity contribution in [3.63, 3.8) is 0 Å². The molecule has 2 aromatic carbocycles. The molecule has 0 atom stereocenters. The van der Waals surface area contributed by atoms with E-state index in [1.165, 1.54) is 23.1 Å². The third-order valence-electron chi connectivity index (χ3n) is 3.44. The summed E-state index contributed by atoms with van der Waals surface area (Å²) in [5.74, 6) is -5.99. The van der Waals surface area contributed by atoms with Crippen molar-refractivity contribution in [2.45, 2.75) is 0 Å². The Morgan fingerprint density at radius 3 is 2.63 bits per heavy atom. The number of carbonyl (C=O) groups excluding carboxylic acids is 2. The summed E-state index contributed by atoms with van der Waals surface area (Å²) >= 11 is 0. The average molecular weight is 376 g/mol. The lowest BCUT2D eigenvalue weighted by Crippen LogP contribution is -2.33. The summed E-state index contributed by atoms with van der Waals surface area (Å²) in [6.07, 6.45) is 1.35. The van der Waals surface area contributed by atoms with Crippen molar-refractivity contribution in [3.05, 3.63) is 65.7 Å². The second-order valence-electron chi connectivity index (χ2n) is 5.26. The Morgan fingerprint density at radius 1 is 1.07 bits per heavy atom. The summed E-state index contributed by atoms with van der Waals surface area (Å²) in [5, 5.41) is 15.1. The van der Waals surface area contributed by atoms with Crippen molar-refractivity contribution in [1.82, 2.24) is 25.5 Å². The molecule has 3 rings (SSSR count). The van der Waals surface area contributed by atoms with Gasteiger partial charge in [-0.2, -0.15) is 0 Å². The predicted octanol–water partition coefficient (Wildman–Crippen LogP) is 1.45. The van der Waals surface area contributed by atoms with E-state index in [1.807, 2.05) is 0 Å². The van der Waals surface area contributed by atoms with E-state index < -0.39 is 41.5 Å². The highest BCUT2D eigenvalue weighted by Gasteiger charge is 2.16. The number of aromatic nitrogens is 4. The summed E-state index contributed by atoms with van der Waals surface area (Å²) in [6.45, 7) is -0.508. The van der Waals surface area contributed by atoms with Gasteiger partial charge in [0, 0.05) is 5.56 Å². The highest BCUT2D eigenvalue weighted by Crippen LogP contribution is 2.19. The molecule has 0 spiro atoms. The van der Waals surface area contributed by atoms with Gasteiger partial charge in [-0.1, -0.05) is 6.07 Å². The molecule has 0 radical (unpaired) electrons. The van der Waals surface area contributed by atoms with Crippen molar-refractivity contribution in [2.24, 2.45) is 0 Å². The van der Waals surface area contributed by atoms with Gasteiger partial charge in [0.05, 0.1) is 17.9 Å². The highest BCUT2D eigenvalue weighted by molar-refractivity contribution is 5.99. The van der Waals surface area contributed by atoms with Crippen LogP contribution < -0.4 is 10.6 Å². The van der Waals surface area contributed by atoms with Gasteiger partial charge in [-0.3, -0.25) is 9.59 Å². The van der Waals surface area contributed by atoms with Crippen LogP contribution in [-0.2, 0) is 4.79 Å². The summed E-state index contributed by atoms with van der Waals surface area (Å²) in [6, 6.07) is 7.84. The Kier molecular flexibility index (Phi) is 5.11. The molecule has 0 unspecified atom stereocenters. The molecule has 2 amide bonds. The third-order valence-corrected chi connectivity index (χ3v) is 3.44. The molecule has 1 heterocycles. The van der Waals surface area contributed by atoms with Gasteiger partial charge in [-0.15, -0.1) is 5.10 Å². The monoisotopic (exact) mass is 376 g/mol. The van der Waals surface area contributed by atoms with Crippen molar-refractivity contribution >= 4 is 17.5 Å². The maximum atomic E-state index is 13.5. The number of hydrogen-bond acceptors (Lipinski definition) is 5. The molecular weight excluding hydrogens is 365 g/mol. The lowest BCUT2D eigenvalue weighted by Gasteiger charge is -2.09. The second-order valence-corrected chi connectivity index (χ2v) is 5.26. The minimum absolute atomic E-state index is 0.231. The van der Waals surface area contributed by atoms with E-state index in [-0.39, 0.29) is 5.56 Å². The molecule has 8 nitrogen and oxygen atoms in total. The van der Waals surface area contributed by atoms with Crippen molar-refractivity contribution in [2.75, 3.05) is 11.9 Å². The van der Waals surface area contributed by atoms with Crippen LogP contribution in [0.4, 0.5) is 18.9 Å². The van der Waals surface area contributed by atoms with E-state index in [0.717, 1.165) is 6.07 Å². The first-order valence-electron chi connectivity index (χ1n) is 7.50. The van der Waals surface area contributed by atoms with Crippen LogP contribution in [0.2, 0.25) is 0 Å². The Morgan fingerprint density at radius 2 is 1.89 bits per heavy atom. The average Bonchev–Trinajstić information content (AvgIpc) is 3.21. The van der Waals surface area contributed by atoms with E-state index in [0.29, 0.717) is 11.8 Å². The van der Waals surface area contributed by atoms with Crippen LogP contribution in [0.15, 0.2) is 42.7 Å². The van der Waals surface area contributed by atoms with Crippen LogP contribution in [0.3, 0.4) is 0 Å². The topological polar surface area (TPSA) is 102 Å². The Labute approximate surface area is 150 Å². The standard InChI is InChI=1S/C16H11F3N6O2/c17-11-4-5-12(15(19)14(11)18)22-13(26)7-20-16(27)9-2-1-3-10(6-9)25-8-21-23-24-25/h1-6,8H,7H2,(H,20,27)(H,22,26). The number of hydrogen-bond donors (Lipinski definition) is 2. The quantitative estimate of drug-likeness (QED) is 0.657. The highest BCUT2D eigenvalue weighted by atomic mass is 19.2. The van der Waals surface area contributed by atoms with Gasteiger partial charge in [0.2, 0.25) is 5.91 Å². The maximum absolute atomic E-state index is 13.5. The van der Waals surface area contributed by atoms with Gasteiger partial charge in [0.15, 0.2) is 17.5 Å². The van der Waals surface area contributed by atoms with Crippen LogP contribution >= 0.6 is 0 Å². The van der Waals surface area contributed by atoms with E-state index in [1.54, 1.807) is 12.1 Å². The lowest BCUT2D eigenvalue weighted by atomic mass is 10.2. The molecule has 0 aliphatic carbocycles. The predicted molar refractivity (Wildman–Crippen MR) is 86.4 cm³/mol. The number of carbonyl (C=O) groups is 2. The minimum Gasteiger partial charge on any atom is -0.343 e. The van der Waals surface area contributed by atoms with Crippen molar-refractivity contribution in [1.29, 1.82) is 0 Å². The number of rotatable bonds is 5. The third kappa shape index (κ3) is 4.08. The Balaban J connectivity index is 1.62. The smallest absolute Gasteiger partial charge is 0.251 e. The van der Waals surface area contributed by atoms with E-state index >= 15 is 0 Å². The van der Waals surface area contributed by atoms with Gasteiger partial charge < -0.3 is 10.6 Å². The van der Waals surface area contributed by atoms with Crippen molar-refractivity contribution < 1.29 is 22.8 Å². The van der Waals surface area contributed by atoms with Gasteiger partial charge in [-0.25, -0.2) is 17.9 Å². The van der Waals surface area contributed by atoms with Gasteiger partial charge in [-0.05, 0) is 40.8 Å². The minimum atomic E-state index is -1.70. The number of nitrogens with one attached hydrogen (secondary N) is 2. The molecule has 11 heteroatoms. The van der Waals surface area contributed by atoms with E-state index in [4.69, 9.17) is 0 Å². The SMILES string of the molecule is O=C(CNC(=O)c1cccc(-n2cnnn2)c1)Nc1ccc(F)c(F)c1F. The number of anilines is 1. The number of benzene rings is 2. The molecule has 2 N–H and O–H groups in total. The van der Waals surface area contributed by atoms with Crippen LogP contribution in [0, 0.1) is 17.5 Å². The summed E-state index contributed by atoms with van der Waals surface area (Å²) in [7, 11) is 0.